The number of carbonyl (C=O) groups excluding carboxylic acids is 1. The van der Waals surface area contributed by atoms with Crippen LogP contribution < -0.4 is 20.2 Å². The third kappa shape index (κ3) is 4.86. The highest BCUT2D eigenvalue weighted by Crippen LogP contribution is 2.32. The van der Waals surface area contributed by atoms with Gasteiger partial charge in [-0.05, 0) is 56.3 Å². The Bertz CT molecular complexity index is 1360. The van der Waals surface area contributed by atoms with Gasteiger partial charge in [-0.1, -0.05) is 41.4 Å². The maximum absolute atomic E-state index is 13.3. The Morgan fingerprint density at radius 3 is 2.39 bits per heavy atom. The molecule has 0 fully saturated rings. The van der Waals surface area contributed by atoms with E-state index < -0.39 is 17.4 Å². The second-order valence-electron chi connectivity index (χ2n) is 7.57. The molecular formula is C26H22ClNO5. The molecule has 3 aromatic carbocycles. The maximum atomic E-state index is 13.3. The van der Waals surface area contributed by atoms with Crippen molar-refractivity contribution in [1.29, 1.82) is 0 Å². The summed E-state index contributed by atoms with van der Waals surface area (Å²) in [5.41, 5.74) is 2.27. The minimum absolute atomic E-state index is 0.0500. The number of benzene rings is 3. The minimum atomic E-state index is -0.976. The summed E-state index contributed by atoms with van der Waals surface area (Å²) >= 11 is 6.09. The molecule has 0 saturated carbocycles. The van der Waals surface area contributed by atoms with E-state index in [0.717, 1.165) is 5.56 Å². The topological polar surface area (TPSA) is 77.8 Å². The molecule has 0 radical (unpaired) electrons. The molecule has 1 N–H and O–H groups in total. The Hall–Kier alpha value is -3.77. The summed E-state index contributed by atoms with van der Waals surface area (Å²) < 4.78 is 17.1. The first-order valence-electron chi connectivity index (χ1n) is 10.3. The molecule has 7 heteroatoms. The highest BCUT2D eigenvalue weighted by Gasteiger charge is 2.23. The number of carbonyl (C=O) groups is 1. The van der Waals surface area contributed by atoms with Gasteiger partial charge < -0.3 is 19.2 Å². The fraction of sp³-hybridized carbons (Fsp3) is 0.154. The lowest BCUT2D eigenvalue weighted by Gasteiger charge is -2.17. The Balaban J connectivity index is 1.70. The fourth-order valence-corrected chi connectivity index (χ4v) is 3.47. The number of hydrogen-bond acceptors (Lipinski definition) is 5. The van der Waals surface area contributed by atoms with Gasteiger partial charge >= 0.3 is 0 Å². The fourth-order valence-electron chi connectivity index (χ4n) is 3.30. The summed E-state index contributed by atoms with van der Waals surface area (Å²) in [4.78, 5) is 26.1. The van der Waals surface area contributed by atoms with Crippen molar-refractivity contribution in [3.8, 4) is 22.8 Å². The lowest BCUT2D eigenvalue weighted by atomic mass is 10.1. The quantitative estimate of drug-likeness (QED) is 0.389. The minimum Gasteiger partial charge on any atom is -0.497 e. The van der Waals surface area contributed by atoms with Gasteiger partial charge in [0, 0.05) is 16.3 Å². The molecule has 0 bridgehead atoms. The number of ether oxygens (including phenoxy) is 2. The smallest absolute Gasteiger partial charge is 0.265 e. The molecule has 4 aromatic rings. The van der Waals surface area contributed by atoms with E-state index in [2.05, 4.69) is 5.32 Å². The number of aryl methyl sites for hydroxylation is 1. The SMILES string of the molecule is COc1ccc(NC(=O)[C@@H](C)Oc2c(-c3ccc(C)cc3)oc3ccc(Cl)cc3c2=O)cc1. The Morgan fingerprint density at radius 1 is 1.03 bits per heavy atom. The van der Waals surface area contributed by atoms with Crippen LogP contribution >= 0.6 is 11.6 Å². The molecule has 0 aliphatic carbocycles. The molecule has 0 aliphatic rings. The van der Waals surface area contributed by atoms with Crippen molar-refractivity contribution in [3.05, 3.63) is 87.5 Å². The molecule has 6 nitrogen and oxygen atoms in total. The summed E-state index contributed by atoms with van der Waals surface area (Å²) in [7, 11) is 1.57. The molecule has 1 aromatic heterocycles. The van der Waals surface area contributed by atoms with Gasteiger partial charge in [0.05, 0.1) is 12.5 Å². The zero-order chi connectivity index (χ0) is 23.5. The van der Waals surface area contributed by atoms with Crippen LogP contribution in [0, 0.1) is 6.92 Å². The van der Waals surface area contributed by atoms with Crippen molar-refractivity contribution in [1.82, 2.24) is 0 Å². The van der Waals surface area contributed by atoms with Crippen LogP contribution in [0.1, 0.15) is 12.5 Å². The maximum Gasteiger partial charge on any atom is 0.265 e. The molecule has 168 valence electrons. The molecule has 0 saturated heterocycles. The van der Waals surface area contributed by atoms with Crippen molar-refractivity contribution >= 4 is 34.2 Å². The molecule has 0 unspecified atom stereocenters. The highest BCUT2D eigenvalue weighted by molar-refractivity contribution is 6.31. The van der Waals surface area contributed by atoms with E-state index in [1.807, 2.05) is 31.2 Å². The van der Waals surface area contributed by atoms with Crippen LogP contribution in [0.15, 0.2) is 75.9 Å². The first-order valence-corrected chi connectivity index (χ1v) is 10.7. The van der Waals surface area contributed by atoms with Crippen LogP contribution in [0.5, 0.6) is 11.5 Å². The van der Waals surface area contributed by atoms with Crippen molar-refractivity contribution < 1.29 is 18.7 Å². The predicted molar refractivity (Wildman–Crippen MR) is 129 cm³/mol. The molecule has 1 atom stereocenters. The third-order valence-corrected chi connectivity index (χ3v) is 5.38. The second-order valence-corrected chi connectivity index (χ2v) is 8.01. The zero-order valence-corrected chi connectivity index (χ0v) is 19.1. The summed E-state index contributed by atoms with van der Waals surface area (Å²) in [6.45, 7) is 3.53. The molecule has 0 spiro atoms. The Kier molecular flexibility index (Phi) is 6.38. The first kappa shape index (κ1) is 22.4. The monoisotopic (exact) mass is 463 g/mol. The van der Waals surface area contributed by atoms with E-state index in [-0.39, 0.29) is 16.9 Å². The lowest BCUT2D eigenvalue weighted by Crippen LogP contribution is -2.31. The summed E-state index contributed by atoms with van der Waals surface area (Å²) in [5.74, 6) is 0.456. The largest absolute Gasteiger partial charge is 0.497 e. The third-order valence-electron chi connectivity index (χ3n) is 5.15. The number of amides is 1. The predicted octanol–water partition coefficient (Wildman–Crippen LogP) is 5.84. The van der Waals surface area contributed by atoms with E-state index in [9.17, 15) is 9.59 Å². The average molecular weight is 464 g/mol. The normalized spacial score (nSPS) is 11.8. The molecule has 1 amide bonds. The van der Waals surface area contributed by atoms with Crippen molar-refractivity contribution in [2.24, 2.45) is 0 Å². The Morgan fingerprint density at radius 2 is 1.73 bits per heavy atom. The number of hydrogen-bond donors (Lipinski definition) is 1. The van der Waals surface area contributed by atoms with E-state index in [4.69, 9.17) is 25.5 Å². The number of halogens is 1. The van der Waals surface area contributed by atoms with E-state index in [1.165, 1.54) is 6.07 Å². The van der Waals surface area contributed by atoms with Crippen LogP contribution in [0.2, 0.25) is 5.02 Å². The lowest BCUT2D eigenvalue weighted by molar-refractivity contribution is -0.122. The number of rotatable bonds is 6. The van der Waals surface area contributed by atoms with Crippen molar-refractivity contribution in [3.63, 3.8) is 0 Å². The van der Waals surface area contributed by atoms with Gasteiger partial charge in [0.1, 0.15) is 11.3 Å². The van der Waals surface area contributed by atoms with Gasteiger partial charge in [0.15, 0.2) is 11.9 Å². The molecular weight excluding hydrogens is 442 g/mol. The molecule has 0 aliphatic heterocycles. The second kappa shape index (κ2) is 9.38. The highest BCUT2D eigenvalue weighted by atomic mass is 35.5. The molecule has 1 heterocycles. The van der Waals surface area contributed by atoms with Gasteiger partial charge in [-0.2, -0.15) is 0 Å². The van der Waals surface area contributed by atoms with Gasteiger partial charge in [-0.3, -0.25) is 9.59 Å². The van der Waals surface area contributed by atoms with Crippen molar-refractivity contribution in [2.75, 3.05) is 12.4 Å². The van der Waals surface area contributed by atoms with Crippen LogP contribution in [0.4, 0.5) is 5.69 Å². The summed E-state index contributed by atoms with van der Waals surface area (Å²) in [5, 5.41) is 3.44. The number of fused-ring (bicyclic) bond motifs is 1. The van der Waals surface area contributed by atoms with Gasteiger partial charge in [-0.25, -0.2) is 0 Å². The summed E-state index contributed by atoms with van der Waals surface area (Å²) in [6, 6.07) is 19.2. The molecule has 33 heavy (non-hydrogen) atoms. The van der Waals surface area contributed by atoms with Crippen LogP contribution in [-0.2, 0) is 4.79 Å². The summed E-state index contributed by atoms with van der Waals surface area (Å²) in [6.07, 6.45) is -0.976. The Labute approximate surface area is 195 Å². The van der Waals surface area contributed by atoms with Gasteiger partial charge in [0.2, 0.25) is 11.2 Å². The average Bonchev–Trinajstić information content (AvgIpc) is 2.82. The number of methoxy groups -OCH3 is 1. The van der Waals surface area contributed by atoms with Crippen molar-refractivity contribution in [2.45, 2.75) is 20.0 Å². The van der Waals surface area contributed by atoms with E-state index in [0.29, 0.717) is 27.6 Å². The first-order chi connectivity index (χ1) is 15.9. The van der Waals surface area contributed by atoms with Crippen LogP contribution in [0.3, 0.4) is 0 Å². The van der Waals surface area contributed by atoms with Gasteiger partial charge in [-0.15, -0.1) is 0 Å². The van der Waals surface area contributed by atoms with Crippen LogP contribution in [0.25, 0.3) is 22.3 Å². The zero-order valence-electron chi connectivity index (χ0n) is 18.3. The van der Waals surface area contributed by atoms with Crippen LogP contribution in [-0.4, -0.2) is 19.1 Å². The molecule has 4 rings (SSSR count). The van der Waals surface area contributed by atoms with E-state index >= 15 is 0 Å². The number of nitrogens with one attached hydrogen (secondary N) is 1. The van der Waals surface area contributed by atoms with Gasteiger partial charge in [0.25, 0.3) is 5.91 Å². The van der Waals surface area contributed by atoms with E-state index in [1.54, 1.807) is 50.4 Å². The number of anilines is 1. The standard InChI is InChI=1S/C26H22ClNO5/c1-15-4-6-17(7-5-15)24-25(23(29)21-14-18(27)8-13-22(21)33-24)32-16(2)26(30)28-19-9-11-20(31-3)12-10-19/h4-14,16H,1-3H3,(H,28,30)/t16-/m1/s1.